The van der Waals surface area contributed by atoms with Crippen LogP contribution in [-0.2, 0) is 34.4 Å². The van der Waals surface area contributed by atoms with E-state index in [4.69, 9.17) is 4.74 Å². The van der Waals surface area contributed by atoms with Crippen molar-refractivity contribution in [1.29, 1.82) is 0 Å². The highest BCUT2D eigenvalue weighted by molar-refractivity contribution is 7.89. The van der Waals surface area contributed by atoms with Crippen molar-refractivity contribution in [2.24, 2.45) is 5.92 Å². The van der Waals surface area contributed by atoms with Gasteiger partial charge in [0.25, 0.3) is 5.91 Å². The van der Waals surface area contributed by atoms with Gasteiger partial charge in [-0.15, -0.1) is 0 Å². The average molecular weight is 488 g/mol. The molecule has 2 saturated heterocycles. The number of piperidine rings is 2. The molecule has 0 atom stereocenters. The highest BCUT2D eigenvalue weighted by atomic mass is 32.2. The Morgan fingerprint density at radius 1 is 1.00 bits per heavy atom. The number of hydrogen-bond acceptors (Lipinski definition) is 7. The van der Waals surface area contributed by atoms with Crippen LogP contribution in [0.1, 0.15) is 32.1 Å². The summed E-state index contributed by atoms with van der Waals surface area (Å²) in [5, 5.41) is 2.56. The van der Waals surface area contributed by atoms with Crippen molar-refractivity contribution in [1.82, 2.24) is 8.61 Å². The van der Waals surface area contributed by atoms with E-state index in [9.17, 15) is 26.4 Å². The highest BCUT2D eigenvalue weighted by Gasteiger charge is 2.30. The molecule has 178 valence electrons. The normalized spacial score (nSPS) is 19.4. The summed E-state index contributed by atoms with van der Waals surface area (Å²) in [5.74, 6) is -1.59. The number of nitrogens with zero attached hydrogens (tertiary/aromatic N) is 2. The second-order valence-electron chi connectivity index (χ2n) is 8.08. The summed E-state index contributed by atoms with van der Waals surface area (Å²) < 4.78 is 56.5. The van der Waals surface area contributed by atoms with Gasteiger partial charge in [-0.3, -0.25) is 9.59 Å². The Bertz CT molecular complexity index is 1040. The molecule has 12 heteroatoms. The Labute approximate surface area is 189 Å². The predicted molar refractivity (Wildman–Crippen MR) is 118 cm³/mol. The average Bonchev–Trinajstić information content (AvgIpc) is 2.78. The molecule has 2 fully saturated rings. The van der Waals surface area contributed by atoms with Crippen molar-refractivity contribution in [3.63, 3.8) is 0 Å². The molecule has 0 saturated carbocycles. The van der Waals surface area contributed by atoms with Crippen LogP contribution in [0.25, 0.3) is 0 Å². The molecule has 0 bridgehead atoms. The summed E-state index contributed by atoms with van der Waals surface area (Å²) in [5.41, 5.74) is 0.297. The molecule has 3 rings (SSSR count). The molecule has 0 aliphatic carbocycles. The van der Waals surface area contributed by atoms with Crippen molar-refractivity contribution < 1.29 is 31.2 Å². The Balaban J connectivity index is 1.51. The van der Waals surface area contributed by atoms with Crippen molar-refractivity contribution in [3.8, 4) is 0 Å². The Kier molecular flexibility index (Phi) is 7.91. The van der Waals surface area contributed by atoms with Gasteiger partial charge in [-0.1, -0.05) is 12.5 Å². The van der Waals surface area contributed by atoms with Gasteiger partial charge in [0.15, 0.2) is 6.61 Å². The number of carbonyl (C=O) groups excluding carboxylic acids is 2. The van der Waals surface area contributed by atoms with E-state index in [2.05, 4.69) is 5.32 Å². The fourth-order valence-electron chi connectivity index (χ4n) is 3.86. The first-order valence-corrected chi connectivity index (χ1v) is 13.9. The van der Waals surface area contributed by atoms with E-state index in [1.54, 1.807) is 12.1 Å². The van der Waals surface area contributed by atoms with Crippen LogP contribution in [0.3, 0.4) is 0 Å². The minimum Gasteiger partial charge on any atom is -0.455 e. The number of nitrogens with one attached hydrogen (secondary N) is 1. The zero-order valence-electron chi connectivity index (χ0n) is 18.0. The monoisotopic (exact) mass is 487 g/mol. The smallest absolute Gasteiger partial charge is 0.309 e. The van der Waals surface area contributed by atoms with Gasteiger partial charge < -0.3 is 10.1 Å². The van der Waals surface area contributed by atoms with E-state index in [-0.39, 0.29) is 18.0 Å². The summed E-state index contributed by atoms with van der Waals surface area (Å²) in [6.45, 7) is 0.941. The third kappa shape index (κ3) is 6.27. The Morgan fingerprint density at radius 2 is 1.66 bits per heavy atom. The second kappa shape index (κ2) is 10.3. The molecular formula is C20H29N3O7S2. The summed E-state index contributed by atoms with van der Waals surface area (Å²) in [6.07, 6.45) is 4.47. The molecule has 1 aromatic carbocycles. The lowest BCUT2D eigenvalue weighted by Crippen LogP contribution is -2.40. The van der Waals surface area contributed by atoms with E-state index < -0.39 is 44.4 Å². The molecule has 2 heterocycles. The first-order chi connectivity index (χ1) is 15.1. The predicted octanol–water partition coefficient (Wildman–Crippen LogP) is 1.01. The van der Waals surface area contributed by atoms with Crippen molar-refractivity contribution in [2.75, 3.05) is 44.4 Å². The number of amides is 1. The standard InChI is InChI=1S/C20H29N3O7S2/c1-31(26,27)22-12-8-16(9-13-22)20(25)30-15-19(24)21-17-6-5-7-18(14-17)32(28,29)23-10-3-2-4-11-23/h5-7,14,16H,2-4,8-13,15H2,1H3,(H,21,24). The number of esters is 1. The van der Waals surface area contributed by atoms with Crippen molar-refractivity contribution in [3.05, 3.63) is 24.3 Å². The van der Waals surface area contributed by atoms with Crippen LogP contribution >= 0.6 is 0 Å². The van der Waals surface area contributed by atoms with E-state index >= 15 is 0 Å². The molecule has 1 amide bonds. The third-order valence-electron chi connectivity index (χ3n) is 5.67. The van der Waals surface area contributed by atoms with Gasteiger partial charge in [-0.05, 0) is 43.9 Å². The molecule has 32 heavy (non-hydrogen) atoms. The second-order valence-corrected chi connectivity index (χ2v) is 12.0. The third-order valence-corrected chi connectivity index (χ3v) is 8.87. The van der Waals surface area contributed by atoms with Crippen LogP contribution in [0.4, 0.5) is 5.69 Å². The van der Waals surface area contributed by atoms with E-state index in [0.717, 1.165) is 25.5 Å². The van der Waals surface area contributed by atoms with E-state index in [1.165, 1.54) is 20.7 Å². The van der Waals surface area contributed by atoms with Crippen LogP contribution in [0.15, 0.2) is 29.2 Å². The van der Waals surface area contributed by atoms with E-state index in [0.29, 0.717) is 31.6 Å². The molecule has 0 radical (unpaired) electrons. The summed E-state index contributed by atoms with van der Waals surface area (Å²) in [4.78, 5) is 24.5. The maximum atomic E-state index is 12.8. The van der Waals surface area contributed by atoms with Crippen LogP contribution in [0, 0.1) is 5.92 Å². The molecule has 0 aromatic heterocycles. The van der Waals surface area contributed by atoms with Gasteiger partial charge in [0.2, 0.25) is 20.0 Å². The van der Waals surface area contributed by atoms with Crippen LogP contribution < -0.4 is 5.32 Å². The number of sulfonamides is 2. The molecule has 1 aromatic rings. The number of benzene rings is 1. The number of carbonyl (C=O) groups is 2. The van der Waals surface area contributed by atoms with Gasteiger partial charge in [0.05, 0.1) is 17.1 Å². The lowest BCUT2D eigenvalue weighted by Gasteiger charge is -2.28. The maximum Gasteiger partial charge on any atom is 0.309 e. The molecule has 0 spiro atoms. The topological polar surface area (TPSA) is 130 Å². The minimum atomic E-state index is -3.63. The van der Waals surface area contributed by atoms with Gasteiger partial charge in [0, 0.05) is 31.9 Å². The molecular weight excluding hydrogens is 458 g/mol. The highest BCUT2D eigenvalue weighted by Crippen LogP contribution is 2.23. The fraction of sp³-hybridized carbons (Fsp3) is 0.600. The zero-order chi connectivity index (χ0) is 23.4. The molecule has 2 aliphatic heterocycles. The van der Waals surface area contributed by atoms with Gasteiger partial charge in [-0.25, -0.2) is 21.1 Å². The van der Waals surface area contributed by atoms with Crippen LogP contribution in [0.5, 0.6) is 0 Å². The summed E-state index contributed by atoms with van der Waals surface area (Å²) in [7, 11) is -6.91. The zero-order valence-corrected chi connectivity index (χ0v) is 19.7. The number of anilines is 1. The first-order valence-electron chi connectivity index (χ1n) is 10.6. The van der Waals surface area contributed by atoms with Crippen LogP contribution in [-0.4, -0.2) is 76.4 Å². The van der Waals surface area contributed by atoms with Gasteiger partial charge in [0.1, 0.15) is 0 Å². The van der Waals surface area contributed by atoms with Gasteiger partial charge >= 0.3 is 5.97 Å². The number of ether oxygens (including phenoxy) is 1. The lowest BCUT2D eigenvalue weighted by molar-refractivity contribution is -0.152. The first kappa shape index (κ1) is 24.6. The SMILES string of the molecule is CS(=O)(=O)N1CCC(C(=O)OCC(=O)Nc2cccc(S(=O)(=O)N3CCCCC3)c2)CC1. The fourth-order valence-corrected chi connectivity index (χ4v) is 6.30. The quantitative estimate of drug-likeness (QED) is 0.568. The molecule has 10 nitrogen and oxygen atoms in total. The maximum absolute atomic E-state index is 12.8. The van der Waals surface area contributed by atoms with Crippen LogP contribution in [0.2, 0.25) is 0 Å². The number of hydrogen-bond donors (Lipinski definition) is 1. The van der Waals surface area contributed by atoms with Crippen molar-refractivity contribution >= 4 is 37.6 Å². The van der Waals surface area contributed by atoms with Crippen molar-refractivity contribution in [2.45, 2.75) is 37.0 Å². The lowest BCUT2D eigenvalue weighted by atomic mass is 9.98. The van der Waals surface area contributed by atoms with Gasteiger partial charge in [-0.2, -0.15) is 4.31 Å². The Hall–Kier alpha value is -2.02. The number of rotatable bonds is 7. The summed E-state index contributed by atoms with van der Waals surface area (Å²) in [6, 6.07) is 6.00. The minimum absolute atomic E-state index is 0.104. The molecule has 2 aliphatic rings. The largest absolute Gasteiger partial charge is 0.455 e. The molecule has 1 N–H and O–H groups in total. The summed E-state index contributed by atoms with van der Waals surface area (Å²) >= 11 is 0. The van der Waals surface area contributed by atoms with E-state index in [1.807, 2.05) is 0 Å². The Morgan fingerprint density at radius 3 is 2.28 bits per heavy atom. The molecule has 0 unspecified atom stereocenters.